The number of ether oxygens (including phenoxy) is 1. The SMILES string of the molecule is O=C1CC(C(=O)NCCOc2cccc3cccnc23)c2ccccc2N1. The minimum Gasteiger partial charge on any atom is -0.489 e. The zero-order valence-corrected chi connectivity index (χ0v) is 14.6. The van der Waals surface area contributed by atoms with Crippen LogP contribution in [0.15, 0.2) is 60.8 Å². The molecule has 1 atom stereocenters. The Morgan fingerprint density at radius 2 is 2.00 bits per heavy atom. The van der Waals surface area contributed by atoms with Gasteiger partial charge in [-0.25, -0.2) is 0 Å². The highest BCUT2D eigenvalue weighted by molar-refractivity contribution is 6.01. The summed E-state index contributed by atoms with van der Waals surface area (Å²) in [4.78, 5) is 28.8. The van der Waals surface area contributed by atoms with E-state index >= 15 is 0 Å². The van der Waals surface area contributed by atoms with Crippen molar-refractivity contribution in [1.29, 1.82) is 0 Å². The van der Waals surface area contributed by atoms with Crippen molar-refractivity contribution in [3.8, 4) is 5.75 Å². The lowest BCUT2D eigenvalue weighted by atomic mass is 9.90. The molecule has 136 valence electrons. The minimum atomic E-state index is -0.478. The Morgan fingerprint density at radius 3 is 2.93 bits per heavy atom. The maximum absolute atomic E-state index is 12.6. The fourth-order valence-corrected chi connectivity index (χ4v) is 3.30. The second-order valence-electron chi connectivity index (χ2n) is 6.36. The van der Waals surface area contributed by atoms with Crippen molar-refractivity contribution in [2.75, 3.05) is 18.5 Å². The van der Waals surface area contributed by atoms with Gasteiger partial charge in [-0.15, -0.1) is 0 Å². The van der Waals surface area contributed by atoms with E-state index in [0.29, 0.717) is 24.6 Å². The first-order valence-electron chi connectivity index (χ1n) is 8.85. The van der Waals surface area contributed by atoms with Crippen molar-refractivity contribution in [2.45, 2.75) is 12.3 Å². The van der Waals surface area contributed by atoms with E-state index in [9.17, 15) is 9.59 Å². The molecule has 1 aliphatic rings. The summed E-state index contributed by atoms with van der Waals surface area (Å²) in [5, 5.41) is 6.67. The van der Waals surface area contributed by atoms with E-state index in [4.69, 9.17) is 4.74 Å². The van der Waals surface area contributed by atoms with Gasteiger partial charge in [0.05, 0.1) is 12.5 Å². The first kappa shape index (κ1) is 17.0. The number of amides is 2. The molecule has 2 amide bonds. The fourth-order valence-electron chi connectivity index (χ4n) is 3.30. The number of rotatable bonds is 5. The molecule has 27 heavy (non-hydrogen) atoms. The van der Waals surface area contributed by atoms with Crippen molar-refractivity contribution in [3.63, 3.8) is 0 Å². The van der Waals surface area contributed by atoms with Crippen LogP contribution in [-0.2, 0) is 9.59 Å². The van der Waals surface area contributed by atoms with Crippen molar-refractivity contribution in [2.24, 2.45) is 0 Å². The van der Waals surface area contributed by atoms with Crippen molar-refractivity contribution in [1.82, 2.24) is 10.3 Å². The molecule has 2 aromatic carbocycles. The predicted octanol–water partition coefficient (Wildman–Crippen LogP) is 2.86. The Labute approximate surface area is 156 Å². The van der Waals surface area contributed by atoms with Crippen LogP contribution in [0.25, 0.3) is 10.9 Å². The van der Waals surface area contributed by atoms with Crippen LogP contribution in [0.3, 0.4) is 0 Å². The van der Waals surface area contributed by atoms with Crippen LogP contribution in [0, 0.1) is 0 Å². The zero-order valence-electron chi connectivity index (χ0n) is 14.6. The van der Waals surface area contributed by atoms with Gasteiger partial charge in [-0.1, -0.05) is 36.4 Å². The second-order valence-corrected chi connectivity index (χ2v) is 6.36. The van der Waals surface area contributed by atoms with E-state index in [1.165, 1.54) is 0 Å². The Morgan fingerprint density at radius 1 is 1.15 bits per heavy atom. The normalized spacial score (nSPS) is 15.7. The van der Waals surface area contributed by atoms with Crippen LogP contribution in [0.1, 0.15) is 17.9 Å². The van der Waals surface area contributed by atoms with Gasteiger partial charge in [0.25, 0.3) is 0 Å². The molecule has 0 aliphatic carbocycles. The summed E-state index contributed by atoms with van der Waals surface area (Å²) in [7, 11) is 0. The van der Waals surface area contributed by atoms with Crippen LogP contribution in [0.2, 0.25) is 0 Å². The lowest BCUT2D eigenvalue weighted by Gasteiger charge is -2.24. The molecule has 0 spiro atoms. The largest absolute Gasteiger partial charge is 0.489 e. The summed E-state index contributed by atoms with van der Waals surface area (Å²) in [6.07, 6.45) is 1.87. The number of nitrogens with zero attached hydrogens (tertiary/aromatic N) is 1. The number of nitrogens with one attached hydrogen (secondary N) is 2. The number of hydrogen-bond acceptors (Lipinski definition) is 4. The van der Waals surface area contributed by atoms with E-state index in [1.807, 2.05) is 54.6 Å². The lowest BCUT2D eigenvalue weighted by molar-refractivity contribution is -0.126. The van der Waals surface area contributed by atoms with Crippen LogP contribution >= 0.6 is 0 Å². The van der Waals surface area contributed by atoms with Gasteiger partial charge < -0.3 is 15.4 Å². The molecule has 6 heteroatoms. The van der Waals surface area contributed by atoms with Crippen LogP contribution in [0.4, 0.5) is 5.69 Å². The van der Waals surface area contributed by atoms with Gasteiger partial charge in [0, 0.05) is 23.7 Å². The molecule has 0 bridgehead atoms. The highest BCUT2D eigenvalue weighted by Gasteiger charge is 2.30. The monoisotopic (exact) mass is 361 g/mol. The summed E-state index contributed by atoms with van der Waals surface area (Å²) in [5.74, 6) is -0.109. The topological polar surface area (TPSA) is 80.3 Å². The number of benzene rings is 2. The number of pyridine rings is 1. The summed E-state index contributed by atoms with van der Waals surface area (Å²) in [5.41, 5.74) is 2.34. The Kier molecular flexibility index (Phi) is 4.70. The molecular weight excluding hydrogens is 342 g/mol. The number of para-hydroxylation sites is 2. The van der Waals surface area contributed by atoms with Crippen LogP contribution in [0.5, 0.6) is 5.75 Å². The van der Waals surface area contributed by atoms with E-state index in [0.717, 1.165) is 16.5 Å². The third-order valence-electron chi connectivity index (χ3n) is 4.57. The highest BCUT2D eigenvalue weighted by Crippen LogP contribution is 2.32. The number of aromatic nitrogens is 1. The number of fused-ring (bicyclic) bond motifs is 2. The summed E-state index contributed by atoms with van der Waals surface area (Å²) < 4.78 is 5.79. The average molecular weight is 361 g/mol. The van der Waals surface area contributed by atoms with Crippen LogP contribution in [-0.4, -0.2) is 29.9 Å². The molecule has 0 saturated carbocycles. The summed E-state index contributed by atoms with van der Waals surface area (Å²) >= 11 is 0. The minimum absolute atomic E-state index is 0.146. The molecule has 2 N–H and O–H groups in total. The molecule has 0 saturated heterocycles. The van der Waals surface area contributed by atoms with Gasteiger partial charge in [-0.05, 0) is 23.8 Å². The van der Waals surface area contributed by atoms with Gasteiger partial charge >= 0.3 is 0 Å². The third kappa shape index (κ3) is 3.60. The van der Waals surface area contributed by atoms with Crippen molar-refractivity contribution >= 4 is 28.4 Å². The molecule has 6 nitrogen and oxygen atoms in total. The summed E-state index contributed by atoms with van der Waals surface area (Å²) in [6.45, 7) is 0.671. The maximum Gasteiger partial charge on any atom is 0.228 e. The zero-order chi connectivity index (χ0) is 18.6. The van der Waals surface area contributed by atoms with E-state index in [-0.39, 0.29) is 18.2 Å². The molecule has 1 unspecified atom stereocenters. The van der Waals surface area contributed by atoms with Gasteiger partial charge in [0.1, 0.15) is 17.9 Å². The van der Waals surface area contributed by atoms with E-state index < -0.39 is 5.92 Å². The quantitative estimate of drug-likeness (QED) is 0.685. The Balaban J connectivity index is 1.37. The predicted molar refractivity (Wildman–Crippen MR) is 103 cm³/mol. The molecule has 1 aliphatic heterocycles. The third-order valence-corrected chi connectivity index (χ3v) is 4.57. The second kappa shape index (κ2) is 7.45. The lowest BCUT2D eigenvalue weighted by Crippen LogP contribution is -2.36. The number of carbonyl (C=O) groups excluding carboxylic acids is 2. The van der Waals surface area contributed by atoms with E-state index in [2.05, 4.69) is 15.6 Å². The number of anilines is 1. The van der Waals surface area contributed by atoms with Gasteiger partial charge in [-0.3, -0.25) is 14.6 Å². The molecule has 4 rings (SSSR count). The Hall–Kier alpha value is -3.41. The highest BCUT2D eigenvalue weighted by atomic mass is 16.5. The van der Waals surface area contributed by atoms with Gasteiger partial charge in [-0.2, -0.15) is 0 Å². The van der Waals surface area contributed by atoms with Crippen LogP contribution < -0.4 is 15.4 Å². The fraction of sp³-hybridized carbons (Fsp3) is 0.190. The first-order chi connectivity index (χ1) is 13.2. The van der Waals surface area contributed by atoms with Crippen molar-refractivity contribution in [3.05, 3.63) is 66.4 Å². The smallest absolute Gasteiger partial charge is 0.228 e. The van der Waals surface area contributed by atoms with Gasteiger partial charge in [0.15, 0.2) is 0 Å². The molecule has 1 aromatic heterocycles. The average Bonchev–Trinajstić information content (AvgIpc) is 2.70. The summed E-state index contributed by atoms with van der Waals surface area (Å²) in [6, 6.07) is 17.0. The molecule has 0 radical (unpaired) electrons. The number of hydrogen-bond donors (Lipinski definition) is 2. The molecule has 3 aromatic rings. The molecule has 0 fully saturated rings. The Bertz CT molecular complexity index is 997. The standard InChI is InChI=1S/C21H19N3O3/c25-19-13-16(15-7-1-2-8-17(15)24-19)21(26)23-11-12-27-18-9-3-5-14-6-4-10-22-20(14)18/h1-10,16H,11-13H2,(H,23,26)(H,24,25). The molecule has 2 heterocycles. The first-order valence-corrected chi connectivity index (χ1v) is 8.85. The number of carbonyl (C=O) groups is 2. The van der Waals surface area contributed by atoms with Crippen molar-refractivity contribution < 1.29 is 14.3 Å². The maximum atomic E-state index is 12.6. The molecular formula is C21H19N3O3. The van der Waals surface area contributed by atoms with Gasteiger partial charge in [0.2, 0.25) is 11.8 Å². The van der Waals surface area contributed by atoms with E-state index in [1.54, 1.807) is 6.20 Å².